The molecule has 1 aromatic carbocycles. The van der Waals surface area contributed by atoms with Gasteiger partial charge in [-0.3, -0.25) is 4.79 Å². The van der Waals surface area contributed by atoms with Crippen LogP contribution in [0.3, 0.4) is 0 Å². The molecule has 3 heterocycles. The van der Waals surface area contributed by atoms with Crippen LogP contribution in [0, 0.1) is 5.92 Å². The fraction of sp³-hybridized carbons (Fsp3) is 0.350. The molecule has 4 rings (SSSR count). The topological polar surface area (TPSA) is 149 Å². The Morgan fingerprint density at radius 2 is 1.75 bits per heavy atom. The fourth-order valence-electron chi connectivity index (χ4n) is 3.63. The number of aromatic nitrogens is 5. The highest BCUT2D eigenvalue weighted by atomic mass is 32.2. The Morgan fingerprint density at radius 1 is 1.06 bits per heavy atom. The quantitative estimate of drug-likeness (QED) is 0.515. The number of carbonyl (C=O) groups excluding carboxylic acids is 1. The number of carbonyl (C=O) groups is 1. The molecule has 12 heteroatoms. The summed E-state index contributed by atoms with van der Waals surface area (Å²) in [6, 6.07) is 10.1. The van der Waals surface area contributed by atoms with Gasteiger partial charge in [0, 0.05) is 25.6 Å². The van der Waals surface area contributed by atoms with Crippen LogP contribution in [0.5, 0.6) is 0 Å². The van der Waals surface area contributed by atoms with E-state index in [4.69, 9.17) is 5.14 Å². The van der Waals surface area contributed by atoms with Gasteiger partial charge < -0.3 is 10.2 Å². The zero-order valence-corrected chi connectivity index (χ0v) is 18.1. The average Bonchev–Trinajstić information content (AvgIpc) is 3.34. The number of nitrogens with zero attached hydrogens (tertiary/aromatic N) is 6. The lowest BCUT2D eigenvalue weighted by atomic mass is 9.96. The third-order valence-corrected chi connectivity index (χ3v) is 6.37. The summed E-state index contributed by atoms with van der Waals surface area (Å²) >= 11 is 0. The zero-order valence-electron chi connectivity index (χ0n) is 17.3. The molecule has 1 saturated heterocycles. The van der Waals surface area contributed by atoms with Crippen LogP contribution in [0.1, 0.15) is 18.4 Å². The monoisotopic (exact) mass is 456 g/mol. The number of primary sulfonamides is 1. The van der Waals surface area contributed by atoms with Gasteiger partial charge in [0.25, 0.3) is 0 Å². The van der Waals surface area contributed by atoms with Gasteiger partial charge in [-0.25, -0.2) is 23.2 Å². The predicted molar refractivity (Wildman–Crippen MR) is 116 cm³/mol. The number of hydrogen-bond donors (Lipinski definition) is 2. The largest absolute Gasteiger partial charge is 0.356 e. The summed E-state index contributed by atoms with van der Waals surface area (Å²) in [5.74, 6) is 1.37. The highest BCUT2D eigenvalue weighted by Crippen LogP contribution is 2.22. The maximum Gasteiger partial charge on any atom is 0.238 e. The lowest BCUT2D eigenvalue weighted by Crippen LogP contribution is -2.41. The Balaban J connectivity index is 1.22. The average molecular weight is 457 g/mol. The fourth-order valence-corrected chi connectivity index (χ4v) is 4.14. The van der Waals surface area contributed by atoms with Crippen molar-refractivity contribution in [3.05, 3.63) is 54.6 Å². The molecule has 3 N–H and O–H groups in total. The second kappa shape index (κ2) is 9.40. The molecule has 0 bridgehead atoms. The van der Waals surface area contributed by atoms with Gasteiger partial charge in [0.15, 0.2) is 11.6 Å². The Kier molecular flexibility index (Phi) is 6.42. The number of rotatable bonds is 7. The molecule has 1 fully saturated rings. The van der Waals surface area contributed by atoms with Crippen LogP contribution >= 0.6 is 0 Å². The van der Waals surface area contributed by atoms with E-state index >= 15 is 0 Å². The highest BCUT2D eigenvalue weighted by Gasteiger charge is 2.25. The van der Waals surface area contributed by atoms with Crippen molar-refractivity contribution in [3.63, 3.8) is 0 Å². The molecule has 0 atom stereocenters. The molecule has 1 amide bonds. The van der Waals surface area contributed by atoms with Gasteiger partial charge >= 0.3 is 0 Å². The first-order valence-corrected chi connectivity index (χ1v) is 11.8. The van der Waals surface area contributed by atoms with Crippen molar-refractivity contribution in [1.29, 1.82) is 0 Å². The van der Waals surface area contributed by atoms with Crippen LogP contribution in [-0.4, -0.2) is 58.9 Å². The van der Waals surface area contributed by atoms with Crippen LogP contribution in [0.25, 0.3) is 5.82 Å². The van der Waals surface area contributed by atoms with Gasteiger partial charge in [0.05, 0.1) is 4.90 Å². The number of benzene rings is 1. The summed E-state index contributed by atoms with van der Waals surface area (Å²) in [5, 5.41) is 20.6. The summed E-state index contributed by atoms with van der Waals surface area (Å²) in [4.78, 5) is 18.6. The molecular weight excluding hydrogens is 432 g/mol. The van der Waals surface area contributed by atoms with Crippen molar-refractivity contribution in [1.82, 2.24) is 30.3 Å². The van der Waals surface area contributed by atoms with E-state index in [2.05, 4.69) is 30.5 Å². The van der Waals surface area contributed by atoms with E-state index in [9.17, 15) is 13.2 Å². The molecule has 0 spiro atoms. The van der Waals surface area contributed by atoms with Gasteiger partial charge in [-0.1, -0.05) is 12.1 Å². The summed E-state index contributed by atoms with van der Waals surface area (Å²) < 4.78 is 24.2. The number of sulfonamides is 1. The minimum Gasteiger partial charge on any atom is -0.356 e. The Labute approximate surface area is 185 Å². The van der Waals surface area contributed by atoms with E-state index in [1.165, 1.54) is 18.5 Å². The van der Waals surface area contributed by atoms with Crippen molar-refractivity contribution in [2.45, 2.75) is 24.2 Å². The third kappa shape index (κ3) is 5.26. The van der Waals surface area contributed by atoms with E-state index in [0.29, 0.717) is 18.8 Å². The minimum absolute atomic E-state index is 0.0402. The van der Waals surface area contributed by atoms with Gasteiger partial charge in [-0.15, -0.1) is 10.2 Å². The molecule has 0 radical (unpaired) electrons. The number of hydrogen-bond acceptors (Lipinski definition) is 8. The van der Waals surface area contributed by atoms with Crippen LogP contribution in [-0.2, 0) is 21.2 Å². The molecule has 1 aliphatic rings. The zero-order chi connectivity index (χ0) is 22.6. The lowest BCUT2D eigenvalue weighted by molar-refractivity contribution is -0.125. The number of amides is 1. The maximum atomic E-state index is 12.5. The van der Waals surface area contributed by atoms with E-state index < -0.39 is 10.0 Å². The number of nitrogens with two attached hydrogens (primary N) is 1. The first kappa shape index (κ1) is 21.8. The molecule has 3 aromatic rings. The Morgan fingerprint density at radius 3 is 2.34 bits per heavy atom. The van der Waals surface area contributed by atoms with E-state index in [-0.39, 0.29) is 16.7 Å². The molecule has 2 aromatic heterocycles. The molecule has 32 heavy (non-hydrogen) atoms. The highest BCUT2D eigenvalue weighted by molar-refractivity contribution is 7.89. The molecule has 0 saturated carbocycles. The van der Waals surface area contributed by atoms with Crippen LogP contribution in [0.15, 0.2) is 53.9 Å². The van der Waals surface area contributed by atoms with Gasteiger partial charge in [0.2, 0.25) is 15.9 Å². The molecular formula is C20H24N8O3S. The molecule has 1 aliphatic heterocycles. The lowest BCUT2D eigenvalue weighted by Gasteiger charge is -2.31. The third-order valence-electron chi connectivity index (χ3n) is 5.44. The molecule has 0 unspecified atom stereocenters. The van der Waals surface area contributed by atoms with Crippen molar-refractivity contribution >= 4 is 21.7 Å². The standard InChI is InChI=1S/C20H24N8O3S/c21-32(30,31)17-3-1-15(2-4-17)7-10-23-20(29)16-8-11-27(12-9-16)18-5-6-19(26-25-18)28-14-22-13-24-28/h1-6,13-14,16H,7-12H2,(H,23,29)(H2,21,30,31). The van der Waals surface area contributed by atoms with Gasteiger partial charge in [-0.05, 0) is 49.1 Å². The van der Waals surface area contributed by atoms with E-state index in [0.717, 1.165) is 37.3 Å². The summed E-state index contributed by atoms with van der Waals surface area (Å²) in [5.41, 5.74) is 0.931. The van der Waals surface area contributed by atoms with Gasteiger partial charge in [0.1, 0.15) is 12.7 Å². The van der Waals surface area contributed by atoms with Crippen LogP contribution in [0.2, 0.25) is 0 Å². The number of piperidine rings is 1. The first-order chi connectivity index (χ1) is 15.4. The van der Waals surface area contributed by atoms with Crippen molar-refractivity contribution < 1.29 is 13.2 Å². The second-order valence-electron chi connectivity index (χ2n) is 7.58. The maximum absolute atomic E-state index is 12.5. The summed E-state index contributed by atoms with van der Waals surface area (Å²) in [6.45, 7) is 1.94. The number of nitrogens with one attached hydrogen (secondary N) is 1. The van der Waals surface area contributed by atoms with Crippen molar-refractivity contribution in [2.24, 2.45) is 11.1 Å². The van der Waals surface area contributed by atoms with Crippen LogP contribution < -0.4 is 15.4 Å². The molecule has 0 aliphatic carbocycles. The second-order valence-corrected chi connectivity index (χ2v) is 9.14. The van der Waals surface area contributed by atoms with E-state index in [1.807, 2.05) is 12.1 Å². The van der Waals surface area contributed by atoms with Crippen LogP contribution in [0.4, 0.5) is 5.82 Å². The van der Waals surface area contributed by atoms with Gasteiger partial charge in [-0.2, -0.15) is 5.10 Å². The minimum atomic E-state index is -3.69. The van der Waals surface area contributed by atoms with Crippen molar-refractivity contribution in [3.8, 4) is 5.82 Å². The normalized spacial score (nSPS) is 15.0. The summed E-state index contributed by atoms with van der Waals surface area (Å²) in [6.07, 6.45) is 5.09. The Bertz CT molecular complexity index is 1140. The first-order valence-electron chi connectivity index (χ1n) is 10.2. The SMILES string of the molecule is NS(=O)(=O)c1ccc(CCNC(=O)C2CCN(c3ccc(-n4cncn4)nn3)CC2)cc1. The van der Waals surface area contributed by atoms with E-state index in [1.54, 1.807) is 23.1 Å². The predicted octanol–water partition coefficient (Wildman–Crippen LogP) is 0.280. The molecule has 11 nitrogen and oxygen atoms in total. The number of anilines is 1. The van der Waals surface area contributed by atoms with Crippen molar-refractivity contribution in [2.75, 3.05) is 24.5 Å². The smallest absolute Gasteiger partial charge is 0.238 e. The molecule has 168 valence electrons. The Hall–Kier alpha value is -3.38. The summed E-state index contributed by atoms with van der Waals surface area (Å²) in [7, 11) is -3.69.